The van der Waals surface area contributed by atoms with Crippen molar-refractivity contribution in [1.82, 2.24) is 10.6 Å². The predicted octanol–water partition coefficient (Wildman–Crippen LogP) is 1.88. The summed E-state index contributed by atoms with van der Waals surface area (Å²) < 4.78 is 1.08. The summed E-state index contributed by atoms with van der Waals surface area (Å²) in [6.45, 7) is 1.58. The van der Waals surface area contributed by atoms with Gasteiger partial charge in [0.15, 0.2) is 0 Å². The highest BCUT2D eigenvalue weighted by atomic mass is 79.9. The second-order valence-electron chi connectivity index (χ2n) is 3.56. The number of rotatable bonds is 3. The molecule has 0 spiro atoms. The fraction of sp³-hybridized carbons (Fsp3) is 0.500. The Morgan fingerprint density at radius 2 is 2.60 bits per heavy atom. The van der Waals surface area contributed by atoms with Crippen molar-refractivity contribution in [3.63, 3.8) is 0 Å². The van der Waals surface area contributed by atoms with Gasteiger partial charge in [-0.1, -0.05) is 0 Å². The Kier molecular flexibility index (Phi) is 3.77. The minimum atomic E-state index is 0.0173. The molecule has 15 heavy (non-hydrogen) atoms. The van der Waals surface area contributed by atoms with Crippen molar-refractivity contribution in [3.05, 3.63) is 20.8 Å². The Balaban J connectivity index is 1.83. The van der Waals surface area contributed by atoms with Crippen molar-refractivity contribution >= 4 is 33.2 Å². The van der Waals surface area contributed by atoms with E-state index in [-0.39, 0.29) is 11.9 Å². The van der Waals surface area contributed by atoms with Crippen LogP contribution in [0.15, 0.2) is 15.9 Å². The van der Waals surface area contributed by atoms with Crippen LogP contribution in [0.3, 0.4) is 0 Å². The molecule has 1 amide bonds. The first-order valence-electron chi connectivity index (χ1n) is 5.00. The molecule has 1 fully saturated rings. The Hall–Kier alpha value is -0.390. The molecule has 82 valence electrons. The SMILES string of the molecule is O=C(NCc1sccc1Br)[C@H]1CCCN1. The number of hydrogen-bond acceptors (Lipinski definition) is 3. The molecule has 0 saturated carbocycles. The van der Waals surface area contributed by atoms with Crippen molar-refractivity contribution in [1.29, 1.82) is 0 Å². The Morgan fingerprint density at radius 1 is 1.73 bits per heavy atom. The maximum Gasteiger partial charge on any atom is 0.237 e. The molecule has 0 aromatic carbocycles. The fourth-order valence-electron chi connectivity index (χ4n) is 1.65. The van der Waals surface area contributed by atoms with E-state index in [4.69, 9.17) is 0 Å². The third kappa shape index (κ3) is 2.80. The maximum atomic E-state index is 11.7. The molecule has 2 heterocycles. The molecule has 2 rings (SSSR count). The van der Waals surface area contributed by atoms with Crippen LogP contribution in [0.4, 0.5) is 0 Å². The number of halogens is 1. The molecule has 1 saturated heterocycles. The number of amides is 1. The van der Waals surface area contributed by atoms with Gasteiger partial charge in [0.05, 0.1) is 12.6 Å². The van der Waals surface area contributed by atoms with Crippen LogP contribution in [0.5, 0.6) is 0 Å². The van der Waals surface area contributed by atoms with Crippen LogP contribution in [0.2, 0.25) is 0 Å². The van der Waals surface area contributed by atoms with Gasteiger partial charge >= 0.3 is 0 Å². The Morgan fingerprint density at radius 3 is 3.20 bits per heavy atom. The first-order valence-corrected chi connectivity index (χ1v) is 6.67. The second-order valence-corrected chi connectivity index (χ2v) is 5.41. The molecule has 1 aromatic rings. The summed E-state index contributed by atoms with van der Waals surface area (Å²) in [5, 5.41) is 8.14. The minimum Gasteiger partial charge on any atom is -0.350 e. The monoisotopic (exact) mass is 288 g/mol. The van der Waals surface area contributed by atoms with Crippen molar-refractivity contribution in [3.8, 4) is 0 Å². The van der Waals surface area contributed by atoms with E-state index in [9.17, 15) is 4.79 Å². The number of thiophene rings is 1. The summed E-state index contributed by atoms with van der Waals surface area (Å²) >= 11 is 5.10. The van der Waals surface area contributed by atoms with Crippen molar-refractivity contribution in [2.24, 2.45) is 0 Å². The highest BCUT2D eigenvalue weighted by Gasteiger charge is 2.21. The van der Waals surface area contributed by atoms with Crippen LogP contribution in [-0.2, 0) is 11.3 Å². The molecule has 1 aliphatic heterocycles. The quantitative estimate of drug-likeness (QED) is 0.892. The molecular weight excluding hydrogens is 276 g/mol. The molecule has 1 aromatic heterocycles. The summed E-state index contributed by atoms with van der Waals surface area (Å²) in [6, 6.07) is 2.02. The topological polar surface area (TPSA) is 41.1 Å². The zero-order chi connectivity index (χ0) is 10.7. The highest BCUT2D eigenvalue weighted by molar-refractivity contribution is 9.10. The van der Waals surface area contributed by atoms with Gasteiger partial charge in [0, 0.05) is 9.35 Å². The van der Waals surface area contributed by atoms with Crippen LogP contribution in [-0.4, -0.2) is 18.5 Å². The smallest absolute Gasteiger partial charge is 0.237 e. The number of carbonyl (C=O) groups excluding carboxylic acids is 1. The molecule has 0 unspecified atom stereocenters. The van der Waals surface area contributed by atoms with E-state index in [0.717, 1.165) is 23.9 Å². The lowest BCUT2D eigenvalue weighted by Gasteiger charge is -2.10. The lowest BCUT2D eigenvalue weighted by atomic mass is 10.2. The predicted molar refractivity (Wildman–Crippen MR) is 64.9 cm³/mol. The van der Waals surface area contributed by atoms with Gasteiger partial charge in [0.25, 0.3) is 0 Å². The maximum absolute atomic E-state index is 11.7. The molecule has 1 atom stereocenters. The van der Waals surface area contributed by atoms with Gasteiger partial charge in [-0.3, -0.25) is 4.79 Å². The summed E-state index contributed by atoms with van der Waals surface area (Å²) in [6.07, 6.45) is 2.05. The van der Waals surface area contributed by atoms with Gasteiger partial charge in [0.2, 0.25) is 5.91 Å². The van der Waals surface area contributed by atoms with Gasteiger partial charge in [-0.15, -0.1) is 11.3 Å². The van der Waals surface area contributed by atoms with E-state index in [1.165, 1.54) is 4.88 Å². The normalized spacial score (nSPS) is 20.5. The Bertz CT molecular complexity index is 347. The minimum absolute atomic E-state index is 0.0173. The molecule has 1 aliphatic rings. The Labute approximate surface area is 101 Å². The molecule has 0 aliphatic carbocycles. The average molecular weight is 289 g/mol. The lowest BCUT2D eigenvalue weighted by Crippen LogP contribution is -2.39. The van der Waals surface area contributed by atoms with Crippen LogP contribution >= 0.6 is 27.3 Å². The van der Waals surface area contributed by atoms with Crippen LogP contribution in [0.25, 0.3) is 0 Å². The third-order valence-corrected chi connectivity index (χ3v) is 4.42. The van der Waals surface area contributed by atoms with E-state index in [1.807, 2.05) is 11.4 Å². The summed E-state index contributed by atoms with van der Waals surface area (Å²) in [5.74, 6) is 0.118. The molecule has 0 bridgehead atoms. The molecular formula is C10H13BrN2OS. The summed E-state index contributed by atoms with van der Waals surface area (Å²) in [4.78, 5) is 12.8. The van der Waals surface area contributed by atoms with Crippen LogP contribution < -0.4 is 10.6 Å². The lowest BCUT2D eigenvalue weighted by molar-refractivity contribution is -0.122. The van der Waals surface area contributed by atoms with Crippen molar-refractivity contribution in [2.45, 2.75) is 25.4 Å². The zero-order valence-corrected chi connectivity index (χ0v) is 10.7. The van der Waals surface area contributed by atoms with Gasteiger partial charge in [0.1, 0.15) is 0 Å². The first-order chi connectivity index (χ1) is 7.27. The average Bonchev–Trinajstić information content (AvgIpc) is 2.85. The van der Waals surface area contributed by atoms with Gasteiger partial charge in [-0.05, 0) is 46.8 Å². The van der Waals surface area contributed by atoms with E-state index < -0.39 is 0 Å². The fourth-order valence-corrected chi connectivity index (χ4v) is 3.08. The summed E-state index contributed by atoms with van der Waals surface area (Å²) in [7, 11) is 0. The van der Waals surface area contributed by atoms with E-state index in [2.05, 4.69) is 26.6 Å². The number of nitrogens with one attached hydrogen (secondary N) is 2. The van der Waals surface area contributed by atoms with Crippen LogP contribution in [0, 0.1) is 0 Å². The van der Waals surface area contributed by atoms with Gasteiger partial charge in [-0.25, -0.2) is 0 Å². The van der Waals surface area contributed by atoms with Gasteiger partial charge < -0.3 is 10.6 Å². The van der Waals surface area contributed by atoms with Crippen molar-refractivity contribution in [2.75, 3.05) is 6.54 Å². The van der Waals surface area contributed by atoms with Gasteiger partial charge in [-0.2, -0.15) is 0 Å². The zero-order valence-electron chi connectivity index (χ0n) is 8.25. The number of carbonyl (C=O) groups is 1. The largest absolute Gasteiger partial charge is 0.350 e. The van der Waals surface area contributed by atoms with E-state index in [1.54, 1.807) is 11.3 Å². The molecule has 0 radical (unpaired) electrons. The second kappa shape index (κ2) is 5.09. The van der Waals surface area contributed by atoms with E-state index in [0.29, 0.717) is 6.54 Å². The van der Waals surface area contributed by atoms with E-state index >= 15 is 0 Å². The van der Waals surface area contributed by atoms with Crippen LogP contribution in [0.1, 0.15) is 17.7 Å². The standard InChI is InChI=1S/C10H13BrN2OS/c11-7-3-5-15-9(7)6-13-10(14)8-2-1-4-12-8/h3,5,8,12H,1-2,4,6H2,(H,13,14)/t8-/m1/s1. The first kappa shape index (κ1) is 11.1. The highest BCUT2D eigenvalue weighted by Crippen LogP contribution is 2.22. The molecule has 3 nitrogen and oxygen atoms in total. The summed E-state index contributed by atoms with van der Waals surface area (Å²) in [5.41, 5.74) is 0. The molecule has 5 heteroatoms. The van der Waals surface area contributed by atoms with Crippen molar-refractivity contribution < 1.29 is 4.79 Å². The molecule has 2 N–H and O–H groups in total. The third-order valence-electron chi connectivity index (χ3n) is 2.49. The number of hydrogen-bond donors (Lipinski definition) is 2.